The van der Waals surface area contributed by atoms with Crippen molar-refractivity contribution in [2.24, 2.45) is 0 Å². The number of benzene rings is 2. The molecule has 1 aliphatic carbocycles. The van der Waals surface area contributed by atoms with Crippen molar-refractivity contribution in [3.8, 4) is 0 Å². The summed E-state index contributed by atoms with van der Waals surface area (Å²) in [4.78, 5) is 0. The molecule has 21 heavy (non-hydrogen) atoms. The third kappa shape index (κ3) is 3.34. The van der Waals surface area contributed by atoms with E-state index in [1.54, 1.807) is 0 Å². The highest BCUT2D eigenvalue weighted by Crippen LogP contribution is 2.25. The summed E-state index contributed by atoms with van der Waals surface area (Å²) in [6, 6.07) is 15.4. The van der Waals surface area contributed by atoms with E-state index >= 15 is 0 Å². The summed E-state index contributed by atoms with van der Waals surface area (Å²) < 4.78 is 0. The molecule has 2 nitrogen and oxygen atoms in total. The summed E-state index contributed by atoms with van der Waals surface area (Å²) >= 11 is 0. The van der Waals surface area contributed by atoms with E-state index in [1.165, 1.54) is 41.5 Å². The minimum atomic E-state index is 0.105. The van der Waals surface area contributed by atoms with Gasteiger partial charge in [-0.15, -0.1) is 0 Å². The van der Waals surface area contributed by atoms with Crippen molar-refractivity contribution in [3.63, 3.8) is 0 Å². The quantitative estimate of drug-likeness (QED) is 0.879. The van der Waals surface area contributed by atoms with Crippen LogP contribution in [0.1, 0.15) is 47.2 Å². The van der Waals surface area contributed by atoms with Gasteiger partial charge >= 0.3 is 0 Å². The van der Waals surface area contributed by atoms with Crippen LogP contribution in [0.3, 0.4) is 0 Å². The fraction of sp³-hybridized carbons (Fsp3) is 0.368. The third-order valence-electron chi connectivity index (χ3n) is 4.41. The molecule has 0 amide bonds. The van der Waals surface area contributed by atoms with Crippen LogP contribution in [0.4, 0.5) is 0 Å². The predicted octanol–water partition coefficient (Wildman–Crippen LogP) is 3.52. The summed E-state index contributed by atoms with van der Waals surface area (Å²) in [6.07, 6.45) is 3.77. The molecule has 2 aromatic rings. The van der Waals surface area contributed by atoms with Gasteiger partial charge in [0.25, 0.3) is 0 Å². The van der Waals surface area contributed by atoms with Crippen molar-refractivity contribution in [2.45, 2.75) is 45.4 Å². The number of hydrogen-bond acceptors (Lipinski definition) is 2. The smallest absolute Gasteiger partial charge is 0.0681 e. The molecule has 110 valence electrons. The van der Waals surface area contributed by atoms with E-state index in [2.05, 4.69) is 42.6 Å². The second kappa shape index (κ2) is 6.42. The zero-order valence-corrected chi connectivity index (χ0v) is 12.6. The molecule has 0 bridgehead atoms. The van der Waals surface area contributed by atoms with E-state index in [4.69, 9.17) is 0 Å². The maximum atomic E-state index is 9.19. The van der Waals surface area contributed by atoms with Gasteiger partial charge in [0.15, 0.2) is 0 Å². The Balaban J connectivity index is 1.64. The van der Waals surface area contributed by atoms with Crippen molar-refractivity contribution in [2.75, 3.05) is 0 Å². The SMILES string of the molecule is CC(NCc1cccc(CO)c1)c1ccc2c(c1)CCC2. The van der Waals surface area contributed by atoms with Crippen LogP contribution in [0.5, 0.6) is 0 Å². The molecule has 3 rings (SSSR count). The molecule has 1 aliphatic rings. The zero-order chi connectivity index (χ0) is 14.7. The van der Waals surface area contributed by atoms with Gasteiger partial charge in [-0.1, -0.05) is 42.5 Å². The minimum absolute atomic E-state index is 0.105. The Morgan fingerprint density at radius 3 is 2.71 bits per heavy atom. The molecule has 2 heteroatoms. The van der Waals surface area contributed by atoms with Crippen LogP contribution in [0, 0.1) is 0 Å². The van der Waals surface area contributed by atoms with Crippen LogP contribution in [0.25, 0.3) is 0 Å². The molecule has 0 aliphatic heterocycles. The second-order valence-electron chi connectivity index (χ2n) is 5.96. The van der Waals surface area contributed by atoms with E-state index in [0.717, 1.165) is 12.1 Å². The van der Waals surface area contributed by atoms with Gasteiger partial charge in [-0.05, 0) is 54.0 Å². The average molecular weight is 281 g/mol. The Kier molecular flexibility index (Phi) is 4.37. The minimum Gasteiger partial charge on any atom is -0.392 e. The van der Waals surface area contributed by atoms with Gasteiger partial charge in [-0.2, -0.15) is 0 Å². The Morgan fingerprint density at radius 2 is 1.86 bits per heavy atom. The number of fused-ring (bicyclic) bond motifs is 1. The Morgan fingerprint density at radius 1 is 1.05 bits per heavy atom. The monoisotopic (exact) mass is 281 g/mol. The first-order valence-corrected chi connectivity index (χ1v) is 7.80. The van der Waals surface area contributed by atoms with Crippen molar-refractivity contribution in [1.29, 1.82) is 0 Å². The first-order valence-electron chi connectivity index (χ1n) is 7.80. The summed E-state index contributed by atoms with van der Waals surface area (Å²) in [5.41, 5.74) is 6.62. The highest BCUT2D eigenvalue weighted by atomic mass is 16.3. The highest BCUT2D eigenvalue weighted by molar-refractivity contribution is 5.36. The standard InChI is InChI=1S/C19H23NO/c1-14(18-9-8-17-6-3-7-19(17)11-18)20-12-15-4-2-5-16(10-15)13-21/h2,4-5,8-11,14,20-21H,3,6-7,12-13H2,1H3. The highest BCUT2D eigenvalue weighted by Gasteiger charge is 2.13. The lowest BCUT2D eigenvalue weighted by molar-refractivity contribution is 0.281. The molecule has 2 aromatic carbocycles. The predicted molar refractivity (Wildman–Crippen MR) is 86.1 cm³/mol. The average Bonchev–Trinajstić information content (AvgIpc) is 3.00. The number of nitrogens with one attached hydrogen (secondary N) is 1. The van der Waals surface area contributed by atoms with Crippen molar-refractivity contribution >= 4 is 0 Å². The molecule has 0 spiro atoms. The second-order valence-corrected chi connectivity index (χ2v) is 5.96. The van der Waals surface area contributed by atoms with Crippen LogP contribution in [-0.4, -0.2) is 5.11 Å². The fourth-order valence-corrected chi connectivity index (χ4v) is 3.09. The number of aryl methyl sites for hydroxylation is 2. The van der Waals surface area contributed by atoms with Crippen LogP contribution in [0.15, 0.2) is 42.5 Å². The maximum Gasteiger partial charge on any atom is 0.0681 e. The summed E-state index contributed by atoms with van der Waals surface area (Å²) in [6.45, 7) is 3.15. The van der Waals surface area contributed by atoms with Crippen LogP contribution < -0.4 is 5.32 Å². The lowest BCUT2D eigenvalue weighted by atomic mass is 10.0. The normalized spacial score (nSPS) is 15.0. The molecule has 0 heterocycles. The van der Waals surface area contributed by atoms with Gasteiger partial charge in [0.05, 0.1) is 6.61 Å². The molecule has 1 unspecified atom stereocenters. The maximum absolute atomic E-state index is 9.19. The van der Waals surface area contributed by atoms with Gasteiger partial charge in [-0.25, -0.2) is 0 Å². The number of aliphatic hydroxyl groups excluding tert-OH is 1. The third-order valence-corrected chi connectivity index (χ3v) is 4.41. The molecular weight excluding hydrogens is 258 g/mol. The Hall–Kier alpha value is -1.64. The van der Waals surface area contributed by atoms with Crippen LogP contribution in [-0.2, 0) is 26.0 Å². The van der Waals surface area contributed by atoms with Gasteiger partial charge < -0.3 is 10.4 Å². The first-order chi connectivity index (χ1) is 10.3. The lowest BCUT2D eigenvalue weighted by Crippen LogP contribution is -2.18. The van der Waals surface area contributed by atoms with E-state index in [0.29, 0.717) is 6.04 Å². The molecule has 0 radical (unpaired) electrons. The van der Waals surface area contributed by atoms with Crippen LogP contribution >= 0.6 is 0 Å². The van der Waals surface area contributed by atoms with E-state index in [1.807, 2.05) is 12.1 Å². The molecule has 0 saturated carbocycles. The number of hydrogen-bond donors (Lipinski definition) is 2. The molecule has 2 N–H and O–H groups in total. The summed E-state index contributed by atoms with van der Waals surface area (Å²) in [5, 5.41) is 12.8. The molecule has 0 aromatic heterocycles. The molecule has 0 saturated heterocycles. The van der Waals surface area contributed by atoms with Crippen molar-refractivity contribution in [3.05, 3.63) is 70.3 Å². The zero-order valence-electron chi connectivity index (χ0n) is 12.6. The van der Waals surface area contributed by atoms with E-state index in [9.17, 15) is 5.11 Å². The lowest BCUT2D eigenvalue weighted by Gasteiger charge is -2.16. The van der Waals surface area contributed by atoms with Gasteiger partial charge in [-0.3, -0.25) is 0 Å². The van der Waals surface area contributed by atoms with Crippen molar-refractivity contribution < 1.29 is 5.11 Å². The summed E-state index contributed by atoms with van der Waals surface area (Å²) in [7, 11) is 0. The van der Waals surface area contributed by atoms with Gasteiger partial charge in [0.2, 0.25) is 0 Å². The number of rotatable bonds is 5. The van der Waals surface area contributed by atoms with E-state index in [-0.39, 0.29) is 6.61 Å². The Labute approximate surface area is 126 Å². The fourth-order valence-electron chi connectivity index (χ4n) is 3.09. The molecule has 1 atom stereocenters. The summed E-state index contributed by atoms with van der Waals surface area (Å²) in [5.74, 6) is 0. The van der Waals surface area contributed by atoms with E-state index < -0.39 is 0 Å². The molecular formula is C19H23NO. The molecule has 0 fully saturated rings. The first kappa shape index (κ1) is 14.3. The topological polar surface area (TPSA) is 32.3 Å². The number of aliphatic hydroxyl groups is 1. The Bertz CT molecular complexity index is 621. The van der Waals surface area contributed by atoms with Crippen molar-refractivity contribution in [1.82, 2.24) is 5.32 Å². The van der Waals surface area contributed by atoms with Gasteiger partial charge in [0, 0.05) is 12.6 Å². The van der Waals surface area contributed by atoms with Gasteiger partial charge in [0.1, 0.15) is 0 Å². The largest absolute Gasteiger partial charge is 0.392 e. The van der Waals surface area contributed by atoms with Crippen LogP contribution in [0.2, 0.25) is 0 Å².